The number of aryl methyl sites for hydroxylation is 1. The standard InChI is InChI=1S/C15H17N7O.ClH/c1-21-9-10(6-19-21)11-7-16-8-12(11)15(23)20-14-2-4-17-13-3-5-18-22(13)14;/h2-6,9,11-12,16H,7-8H2,1H3,(H,20,23);1H/t11-,12+;/m1./s1. The summed E-state index contributed by atoms with van der Waals surface area (Å²) in [5.41, 5.74) is 1.78. The molecule has 9 heteroatoms. The molecule has 0 radical (unpaired) electrons. The van der Waals surface area contributed by atoms with Gasteiger partial charge >= 0.3 is 0 Å². The number of hydrogen-bond donors (Lipinski definition) is 2. The zero-order chi connectivity index (χ0) is 15.8. The van der Waals surface area contributed by atoms with Crippen molar-refractivity contribution in [1.82, 2.24) is 29.7 Å². The Labute approximate surface area is 144 Å². The highest BCUT2D eigenvalue weighted by molar-refractivity contribution is 5.93. The largest absolute Gasteiger partial charge is 0.315 e. The average molecular weight is 348 g/mol. The summed E-state index contributed by atoms with van der Waals surface area (Å²) in [6.07, 6.45) is 7.12. The number of anilines is 1. The van der Waals surface area contributed by atoms with Crippen molar-refractivity contribution in [2.24, 2.45) is 13.0 Å². The van der Waals surface area contributed by atoms with Crippen molar-refractivity contribution in [3.8, 4) is 0 Å². The second-order valence-corrected chi connectivity index (χ2v) is 5.74. The minimum Gasteiger partial charge on any atom is -0.315 e. The van der Waals surface area contributed by atoms with Crippen molar-refractivity contribution in [2.45, 2.75) is 5.92 Å². The maximum atomic E-state index is 12.7. The molecule has 0 bridgehead atoms. The number of nitrogens with zero attached hydrogens (tertiary/aromatic N) is 5. The number of rotatable bonds is 3. The van der Waals surface area contributed by atoms with Gasteiger partial charge in [-0.1, -0.05) is 0 Å². The van der Waals surface area contributed by atoms with Gasteiger partial charge in [-0.25, -0.2) is 4.98 Å². The van der Waals surface area contributed by atoms with Gasteiger partial charge in [0.15, 0.2) is 5.65 Å². The van der Waals surface area contributed by atoms with E-state index >= 15 is 0 Å². The lowest BCUT2D eigenvalue weighted by Crippen LogP contribution is -2.28. The fraction of sp³-hybridized carbons (Fsp3) is 0.333. The quantitative estimate of drug-likeness (QED) is 0.732. The number of hydrogen-bond acceptors (Lipinski definition) is 5. The van der Waals surface area contributed by atoms with Crippen molar-refractivity contribution in [3.63, 3.8) is 0 Å². The van der Waals surface area contributed by atoms with Gasteiger partial charge in [0.1, 0.15) is 5.82 Å². The lowest BCUT2D eigenvalue weighted by molar-refractivity contribution is -0.119. The van der Waals surface area contributed by atoms with E-state index in [0.717, 1.165) is 12.1 Å². The molecule has 0 spiro atoms. The van der Waals surface area contributed by atoms with Gasteiger partial charge in [0.25, 0.3) is 0 Å². The number of nitrogens with one attached hydrogen (secondary N) is 2. The van der Waals surface area contributed by atoms with Crippen LogP contribution in [0.3, 0.4) is 0 Å². The summed E-state index contributed by atoms with van der Waals surface area (Å²) in [5.74, 6) is 0.588. The molecule has 4 rings (SSSR count). The first-order valence-electron chi connectivity index (χ1n) is 7.51. The van der Waals surface area contributed by atoms with Gasteiger partial charge in [0, 0.05) is 44.5 Å². The first kappa shape index (κ1) is 16.4. The Morgan fingerprint density at radius 1 is 1.29 bits per heavy atom. The van der Waals surface area contributed by atoms with Crippen LogP contribution < -0.4 is 10.6 Å². The molecular weight excluding hydrogens is 330 g/mol. The van der Waals surface area contributed by atoms with Crippen molar-refractivity contribution in [2.75, 3.05) is 18.4 Å². The van der Waals surface area contributed by atoms with Gasteiger partial charge in [-0.2, -0.15) is 14.7 Å². The summed E-state index contributed by atoms with van der Waals surface area (Å²) in [6.45, 7) is 1.43. The van der Waals surface area contributed by atoms with Gasteiger partial charge in [-0.3, -0.25) is 9.48 Å². The topological polar surface area (TPSA) is 89.1 Å². The van der Waals surface area contributed by atoms with Crippen LogP contribution in [0.25, 0.3) is 5.65 Å². The minimum absolute atomic E-state index is 0. The molecule has 8 nitrogen and oxygen atoms in total. The maximum Gasteiger partial charge on any atom is 0.230 e. The van der Waals surface area contributed by atoms with Crippen molar-refractivity contribution in [3.05, 3.63) is 42.5 Å². The Hall–Kier alpha value is -2.45. The predicted molar refractivity (Wildman–Crippen MR) is 91.2 cm³/mol. The number of halogens is 1. The number of amides is 1. The summed E-state index contributed by atoms with van der Waals surface area (Å²) in [7, 11) is 1.88. The third-order valence-electron chi connectivity index (χ3n) is 4.25. The fourth-order valence-electron chi connectivity index (χ4n) is 3.08. The molecule has 4 heterocycles. The van der Waals surface area contributed by atoms with Crippen LogP contribution in [0.15, 0.2) is 36.9 Å². The van der Waals surface area contributed by atoms with E-state index in [0.29, 0.717) is 18.0 Å². The van der Waals surface area contributed by atoms with Crippen LogP contribution in [-0.4, -0.2) is 43.4 Å². The molecule has 3 aromatic rings. The third-order valence-corrected chi connectivity index (χ3v) is 4.25. The van der Waals surface area contributed by atoms with Crippen molar-refractivity contribution >= 4 is 29.8 Å². The monoisotopic (exact) mass is 347 g/mol. The lowest BCUT2D eigenvalue weighted by atomic mass is 9.90. The van der Waals surface area contributed by atoms with Gasteiger partial charge in [-0.05, 0) is 11.6 Å². The molecule has 1 aliphatic rings. The van der Waals surface area contributed by atoms with Crippen molar-refractivity contribution < 1.29 is 4.79 Å². The number of carbonyl (C=O) groups is 1. The molecule has 1 amide bonds. The molecule has 24 heavy (non-hydrogen) atoms. The minimum atomic E-state index is -0.141. The molecule has 2 N–H and O–H groups in total. The molecule has 0 aliphatic carbocycles. The van der Waals surface area contributed by atoms with E-state index in [9.17, 15) is 4.79 Å². The molecule has 126 valence electrons. The first-order chi connectivity index (χ1) is 11.2. The smallest absolute Gasteiger partial charge is 0.230 e. The Bertz CT molecular complexity index is 858. The SMILES string of the molecule is Cl.Cn1cc([C@H]2CNC[C@@H]2C(=O)Nc2ccnc3ccnn23)cn1. The van der Waals surface area contributed by atoms with Gasteiger partial charge in [-0.15, -0.1) is 12.4 Å². The molecule has 0 unspecified atom stereocenters. The van der Waals surface area contributed by atoms with E-state index in [2.05, 4.69) is 25.8 Å². The van der Waals surface area contributed by atoms with E-state index < -0.39 is 0 Å². The van der Waals surface area contributed by atoms with Gasteiger partial charge < -0.3 is 10.6 Å². The molecule has 1 aliphatic heterocycles. The number of carbonyl (C=O) groups excluding carboxylic acids is 1. The normalized spacial score (nSPS) is 20.0. The maximum absolute atomic E-state index is 12.7. The summed E-state index contributed by atoms with van der Waals surface area (Å²) in [6, 6.07) is 3.55. The summed E-state index contributed by atoms with van der Waals surface area (Å²) in [4.78, 5) is 16.9. The van der Waals surface area contributed by atoms with Crippen LogP contribution in [0.1, 0.15) is 11.5 Å². The Kier molecular flexibility index (Phi) is 4.50. The molecule has 1 fully saturated rings. The summed E-state index contributed by atoms with van der Waals surface area (Å²) < 4.78 is 3.39. The van der Waals surface area contributed by atoms with Crippen LogP contribution in [0, 0.1) is 5.92 Å². The van der Waals surface area contributed by atoms with Crippen LogP contribution in [0.4, 0.5) is 5.82 Å². The van der Waals surface area contributed by atoms with Crippen LogP contribution in [0.2, 0.25) is 0 Å². The second kappa shape index (κ2) is 6.58. The van der Waals surface area contributed by atoms with Gasteiger partial charge in [0.2, 0.25) is 5.91 Å². The van der Waals surface area contributed by atoms with E-state index in [1.165, 1.54) is 0 Å². The molecular formula is C15H18ClN7O. The average Bonchev–Trinajstić information content (AvgIpc) is 3.26. The van der Waals surface area contributed by atoms with E-state index in [-0.39, 0.29) is 30.2 Å². The Balaban J connectivity index is 0.00000169. The van der Waals surface area contributed by atoms with Crippen LogP contribution in [0.5, 0.6) is 0 Å². The zero-order valence-electron chi connectivity index (χ0n) is 13.1. The molecule has 1 saturated heterocycles. The predicted octanol–water partition coefficient (Wildman–Crippen LogP) is 0.826. The highest BCUT2D eigenvalue weighted by atomic mass is 35.5. The highest BCUT2D eigenvalue weighted by Crippen LogP contribution is 2.28. The Morgan fingerprint density at radius 2 is 2.17 bits per heavy atom. The van der Waals surface area contributed by atoms with Gasteiger partial charge in [0.05, 0.1) is 18.3 Å². The second-order valence-electron chi connectivity index (χ2n) is 5.74. The zero-order valence-corrected chi connectivity index (χ0v) is 13.9. The van der Waals surface area contributed by atoms with Crippen molar-refractivity contribution in [1.29, 1.82) is 0 Å². The summed E-state index contributed by atoms with van der Waals surface area (Å²) >= 11 is 0. The molecule has 3 aromatic heterocycles. The first-order valence-corrected chi connectivity index (χ1v) is 7.51. The summed E-state index contributed by atoms with van der Waals surface area (Å²) in [5, 5.41) is 14.7. The van der Waals surface area contributed by atoms with Crippen LogP contribution >= 0.6 is 12.4 Å². The third kappa shape index (κ3) is 2.85. The molecule has 0 aromatic carbocycles. The fourth-order valence-corrected chi connectivity index (χ4v) is 3.08. The number of fused-ring (bicyclic) bond motifs is 1. The number of aromatic nitrogens is 5. The molecule has 2 atom stereocenters. The highest BCUT2D eigenvalue weighted by Gasteiger charge is 2.35. The molecule has 0 saturated carbocycles. The lowest BCUT2D eigenvalue weighted by Gasteiger charge is -2.17. The van der Waals surface area contributed by atoms with E-state index in [1.54, 1.807) is 33.7 Å². The van der Waals surface area contributed by atoms with E-state index in [1.807, 2.05) is 19.4 Å². The Morgan fingerprint density at radius 3 is 2.96 bits per heavy atom. The van der Waals surface area contributed by atoms with E-state index in [4.69, 9.17) is 0 Å². The van der Waals surface area contributed by atoms with Crippen LogP contribution in [-0.2, 0) is 11.8 Å².